The number of Topliss-reactive ketones (excluding diaryl/α,β-unsaturated/α-hetero) is 1. The van der Waals surface area contributed by atoms with E-state index in [0.29, 0.717) is 19.4 Å². The Morgan fingerprint density at radius 1 is 1.36 bits per heavy atom. The summed E-state index contributed by atoms with van der Waals surface area (Å²) in [6.07, 6.45) is 1.11. The van der Waals surface area contributed by atoms with Gasteiger partial charge in [0.05, 0.1) is 6.54 Å². The summed E-state index contributed by atoms with van der Waals surface area (Å²) >= 11 is 0. The average molecular weight is 158 g/mol. The summed E-state index contributed by atoms with van der Waals surface area (Å²) in [4.78, 5) is 14.3. The Kier molecular flexibility index (Phi) is 5.10. The van der Waals surface area contributed by atoms with Gasteiger partial charge < -0.3 is 17.2 Å². The number of carbonyl (C=O) groups excluding carboxylic acids is 1. The first-order valence-corrected chi connectivity index (χ1v) is 3.44. The van der Waals surface area contributed by atoms with Crippen molar-refractivity contribution < 1.29 is 4.79 Å². The van der Waals surface area contributed by atoms with Crippen LogP contribution in [-0.4, -0.2) is 24.8 Å². The van der Waals surface area contributed by atoms with Crippen LogP contribution in [0.1, 0.15) is 12.8 Å². The number of guanidine groups is 1. The fraction of sp³-hybridized carbons (Fsp3) is 0.667. The van der Waals surface area contributed by atoms with Gasteiger partial charge in [0.25, 0.3) is 0 Å². The van der Waals surface area contributed by atoms with Gasteiger partial charge >= 0.3 is 0 Å². The number of nitrogens with zero attached hydrogens (tertiary/aromatic N) is 1. The molecule has 0 aromatic carbocycles. The molecular weight excluding hydrogens is 144 g/mol. The number of carbonyl (C=O) groups is 1. The highest BCUT2D eigenvalue weighted by Gasteiger charge is 1.96. The molecule has 0 saturated carbocycles. The van der Waals surface area contributed by atoms with E-state index in [4.69, 9.17) is 17.2 Å². The maximum atomic E-state index is 10.6. The van der Waals surface area contributed by atoms with Gasteiger partial charge in [-0.2, -0.15) is 0 Å². The monoisotopic (exact) mass is 158 g/mol. The summed E-state index contributed by atoms with van der Waals surface area (Å²) < 4.78 is 0. The van der Waals surface area contributed by atoms with Crippen LogP contribution in [0, 0.1) is 0 Å². The molecule has 0 aliphatic heterocycles. The van der Waals surface area contributed by atoms with Crippen molar-refractivity contribution in [1.82, 2.24) is 0 Å². The lowest BCUT2D eigenvalue weighted by atomic mass is 10.2. The van der Waals surface area contributed by atoms with Crippen LogP contribution in [0.5, 0.6) is 0 Å². The predicted octanol–water partition coefficient (Wildman–Crippen LogP) is -1.43. The zero-order valence-corrected chi connectivity index (χ0v) is 6.42. The van der Waals surface area contributed by atoms with E-state index in [2.05, 4.69) is 4.99 Å². The first-order valence-electron chi connectivity index (χ1n) is 3.44. The first kappa shape index (κ1) is 9.90. The number of hydrogen-bond donors (Lipinski definition) is 3. The fourth-order valence-electron chi connectivity index (χ4n) is 0.586. The molecule has 6 N–H and O–H groups in total. The zero-order valence-electron chi connectivity index (χ0n) is 6.42. The standard InChI is InChI=1S/C6H14N4O/c7-4-5(11)2-1-3-10-6(8)9/h1-4,7H2,(H4,8,9,10). The Morgan fingerprint density at radius 2 is 2.00 bits per heavy atom. The molecule has 0 heterocycles. The van der Waals surface area contributed by atoms with Crippen LogP contribution in [0.15, 0.2) is 4.99 Å². The van der Waals surface area contributed by atoms with Crippen molar-refractivity contribution in [1.29, 1.82) is 0 Å². The highest BCUT2D eigenvalue weighted by molar-refractivity contribution is 5.80. The summed E-state index contributed by atoms with van der Waals surface area (Å²) in [5.74, 6) is 0.0981. The van der Waals surface area contributed by atoms with Gasteiger partial charge in [0, 0.05) is 13.0 Å². The summed E-state index contributed by atoms with van der Waals surface area (Å²) in [5, 5.41) is 0. The summed E-state index contributed by atoms with van der Waals surface area (Å²) in [5.41, 5.74) is 15.2. The van der Waals surface area contributed by atoms with E-state index in [9.17, 15) is 4.79 Å². The van der Waals surface area contributed by atoms with Gasteiger partial charge in [-0.15, -0.1) is 0 Å². The second-order valence-electron chi connectivity index (χ2n) is 2.15. The number of ketones is 1. The molecule has 0 rings (SSSR count). The molecule has 0 saturated heterocycles. The van der Waals surface area contributed by atoms with Gasteiger partial charge in [0.2, 0.25) is 0 Å². The van der Waals surface area contributed by atoms with E-state index in [-0.39, 0.29) is 18.3 Å². The maximum absolute atomic E-state index is 10.6. The van der Waals surface area contributed by atoms with E-state index in [1.807, 2.05) is 0 Å². The van der Waals surface area contributed by atoms with Crippen LogP contribution in [-0.2, 0) is 4.79 Å². The van der Waals surface area contributed by atoms with Crippen molar-refractivity contribution in [3.8, 4) is 0 Å². The van der Waals surface area contributed by atoms with Gasteiger partial charge in [-0.1, -0.05) is 0 Å². The third-order valence-electron chi connectivity index (χ3n) is 1.14. The molecule has 5 heteroatoms. The topological polar surface area (TPSA) is 107 Å². The van der Waals surface area contributed by atoms with Crippen LogP contribution < -0.4 is 17.2 Å². The largest absolute Gasteiger partial charge is 0.370 e. The highest BCUT2D eigenvalue weighted by Crippen LogP contribution is 1.89. The van der Waals surface area contributed by atoms with Crippen molar-refractivity contribution >= 4 is 11.7 Å². The summed E-state index contributed by atoms with van der Waals surface area (Å²) in [6, 6.07) is 0. The molecule has 0 aliphatic carbocycles. The Bertz CT molecular complexity index is 151. The zero-order chi connectivity index (χ0) is 8.69. The Labute approximate surface area is 65.6 Å². The third-order valence-corrected chi connectivity index (χ3v) is 1.14. The van der Waals surface area contributed by atoms with Crippen LogP contribution in [0.4, 0.5) is 0 Å². The predicted molar refractivity (Wildman–Crippen MR) is 44.0 cm³/mol. The Morgan fingerprint density at radius 3 is 2.45 bits per heavy atom. The van der Waals surface area contributed by atoms with E-state index >= 15 is 0 Å². The lowest BCUT2D eigenvalue weighted by Crippen LogP contribution is -2.23. The van der Waals surface area contributed by atoms with Crippen LogP contribution in [0.2, 0.25) is 0 Å². The van der Waals surface area contributed by atoms with Gasteiger partial charge in [-0.05, 0) is 6.42 Å². The molecule has 0 bridgehead atoms. The molecular formula is C6H14N4O. The normalized spacial score (nSPS) is 9.18. The molecule has 0 aliphatic rings. The van der Waals surface area contributed by atoms with Gasteiger partial charge in [-0.25, -0.2) is 0 Å². The number of nitrogens with two attached hydrogens (primary N) is 3. The maximum Gasteiger partial charge on any atom is 0.185 e. The quantitative estimate of drug-likeness (QED) is 0.259. The average Bonchev–Trinajstić information content (AvgIpc) is 1.97. The minimum Gasteiger partial charge on any atom is -0.370 e. The van der Waals surface area contributed by atoms with Gasteiger partial charge in [0.1, 0.15) is 5.78 Å². The molecule has 0 fully saturated rings. The van der Waals surface area contributed by atoms with Crippen molar-refractivity contribution in [3.63, 3.8) is 0 Å². The third kappa shape index (κ3) is 6.79. The molecule has 0 radical (unpaired) electrons. The lowest BCUT2D eigenvalue weighted by molar-refractivity contribution is -0.117. The molecule has 11 heavy (non-hydrogen) atoms. The summed E-state index contributed by atoms with van der Waals surface area (Å²) in [7, 11) is 0. The second kappa shape index (κ2) is 5.67. The van der Waals surface area contributed by atoms with Crippen LogP contribution in [0.3, 0.4) is 0 Å². The van der Waals surface area contributed by atoms with Crippen LogP contribution >= 0.6 is 0 Å². The van der Waals surface area contributed by atoms with Crippen molar-refractivity contribution in [2.45, 2.75) is 12.8 Å². The minimum absolute atomic E-state index is 0.0378. The van der Waals surface area contributed by atoms with E-state index in [1.165, 1.54) is 0 Å². The number of hydrogen-bond acceptors (Lipinski definition) is 3. The van der Waals surface area contributed by atoms with E-state index in [0.717, 1.165) is 0 Å². The highest BCUT2D eigenvalue weighted by atomic mass is 16.1. The minimum atomic E-state index is 0.0378. The fourth-order valence-corrected chi connectivity index (χ4v) is 0.586. The Balaban J connectivity index is 3.28. The molecule has 0 aromatic heterocycles. The molecule has 0 spiro atoms. The number of aliphatic imine (C=N–C) groups is 1. The lowest BCUT2D eigenvalue weighted by Gasteiger charge is -1.94. The van der Waals surface area contributed by atoms with Crippen molar-refractivity contribution in [3.05, 3.63) is 0 Å². The molecule has 0 unspecified atom stereocenters. The van der Waals surface area contributed by atoms with Crippen molar-refractivity contribution in [2.75, 3.05) is 13.1 Å². The smallest absolute Gasteiger partial charge is 0.185 e. The molecule has 0 amide bonds. The van der Waals surface area contributed by atoms with E-state index < -0.39 is 0 Å². The van der Waals surface area contributed by atoms with Crippen molar-refractivity contribution in [2.24, 2.45) is 22.2 Å². The molecule has 0 atom stereocenters. The molecule has 64 valence electrons. The first-order chi connectivity index (χ1) is 5.16. The Hall–Kier alpha value is -1.10. The van der Waals surface area contributed by atoms with Gasteiger partial charge in [0.15, 0.2) is 5.96 Å². The summed E-state index contributed by atoms with van der Waals surface area (Å²) in [6.45, 7) is 0.593. The molecule has 5 nitrogen and oxygen atoms in total. The number of rotatable bonds is 5. The molecule has 0 aromatic rings. The van der Waals surface area contributed by atoms with E-state index in [1.54, 1.807) is 0 Å². The second-order valence-corrected chi connectivity index (χ2v) is 2.15. The SMILES string of the molecule is NCC(=O)CCCN=C(N)N. The van der Waals surface area contributed by atoms with Crippen LogP contribution in [0.25, 0.3) is 0 Å². The van der Waals surface area contributed by atoms with Gasteiger partial charge in [-0.3, -0.25) is 9.79 Å².